The van der Waals surface area contributed by atoms with Gasteiger partial charge in [0.05, 0.1) is 5.56 Å². The monoisotopic (exact) mass is 656 g/mol. The smallest absolute Gasteiger partial charge is 0.338 e. The number of ketones is 1. The number of aliphatic hydroxyl groups is 1. The molecule has 3 rings (SSSR count). The van der Waals surface area contributed by atoms with E-state index in [0.29, 0.717) is 0 Å². The summed E-state index contributed by atoms with van der Waals surface area (Å²) in [5.41, 5.74) is -5.38. The highest BCUT2D eigenvalue weighted by Gasteiger charge is 2.60. The van der Waals surface area contributed by atoms with Gasteiger partial charge in [-0.1, -0.05) is 58.0 Å². The highest BCUT2D eigenvalue weighted by Crippen LogP contribution is 2.48. The second kappa shape index (κ2) is 14.2. The molecule has 0 aliphatic heterocycles. The zero-order chi connectivity index (χ0) is 35.5. The lowest BCUT2D eigenvalue weighted by Gasteiger charge is -2.43. The molecule has 2 aliphatic carbocycles. The number of carbonyl (C=O) groups is 6. The first kappa shape index (κ1) is 37.1. The van der Waals surface area contributed by atoms with Crippen LogP contribution in [0, 0.1) is 17.3 Å². The number of rotatable bonds is 6. The standard InChI is InChI=1S/C35H44O12/c1-19-15-16-33(7,8)30(44-22(4)37)28(43-21(3)36)31(45-23(5)38)34(9,42)18-26-27(46-32(41)25-13-11-10-12-14-25)20(2)17-35(26,29(19)40)47-24(6)39/h10-16,18-20,27-28,30-31,42H,17H2,1-9H3/b16-15+,26-18-/t19-,20+,27-,28+,30+,31-,34-,35+/m0/s1. The van der Waals surface area contributed by atoms with Crippen LogP contribution in [0.1, 0.15) is 79.1 Å². The molecule has 0 spiro atoms. The van der Waals surface area contributed by atoms with E-state index < -0.39 is 88.5 Å². The van der Waals surface area contributed by atoms with Crippen molar-refractivity contribution in [2.75, 3.05) is 0 Å². The summed E-state index contributed by atoms with van der Waals surface area (Å²) < 4.78 is 28.8. The van der Waals surface area contributed by atoms with Gasteiger partial charge in [0.15, 0.2) is 29.7 Å². The van der Waals surface area contributed by atoms with Gasteiger partial charge in [-0.15, -0.1) is 0 Å². The van der Waals surface area contributed by atoms with Crippen molar-refractivity contribution in [1.29, 1.82) is 0 Å². The molecule has 256 valence electrons. The first-order valence-electron chi connectivity index (χ1n) is 15.4. The topological polar surface area (TPSA) is 169 Å². The molecular formula is C35H44O12. The summed E-state index contributed by atoms with van der Waals surface area (Å²) in [5.74, 6) is -6.12. The van der Waals surface area contributed by atoms with Crippen LogP contribution in [0.2, 0.25) is 0 Å². The Kier molecular flexibility index (Phi) is 11.2. The molecule has 1 aromatic rings. The van der Waals surface area contributed by atoms with Gasteiger partial charge in [0.1, 0.15) is 11.7 Å². The molecule has 12 nitrogen and oxygen atoms in total. The highest BCUT2D eigenvalue weighted by atomic mass is 16.6. The first-order valence-corrected chi connectivity index (χ1v) is 15.4. The minimum absolute atomic E-state index is 0.0673. The second-order valence-corrected chi connectivity index (χ2v) is 13.1. The van der Waals surface area contributed by atoms with Crippen molar-refractivity contribution < 1.29 is 57.6 Å². The first-order chi connectivity index (χ1) is 21.7. The number of allylic oxidation sites excluding steroid dienone is 1. The van der Waals surface area contributed by atoms with E-state index in [1.54, 1.807) is 70.2 Å². The summed E-state index contributed by atoms with van der Waals surface area (Å²) in [4.78, 5) is 77.9. The molecule has 1 N–H and O–H groups in total. The van der Waals surface area contributed by atoms with Crippen molar-refractivity contribution in [3.05, 3.63) is 59.7 Å². The molecule has 1 saturated carbocycles. The molecule has 0 amide bonds. The SMILES string of the molecule is CC(=O)O[C@@H]1[C@@H](OC(C)=O)C(C)(C)/C=C/[C@H](C)C(=O)[C@@]2(OC(C)=O)C[C@@H](C)[C@H](OC(=O)c3ccccc3)/C2=C/[C@](C)(O)[C@H]1OC(C)=O. The number of benzene rings is 1. The van der Waals surface area contributed by atoms with Crippen LogP contribution in [0.25, 0.3) is 0 Å². The average Bonchev–Trinajstić information content (AvgIpc) is 3.20. The molecule has 47 heavy (non-hydrogen) atoms. The number of fused-ring (bicyclic) bond motifs is 1. The fourth-order valence-electron chi connectivity index (χ4n) is 6.32. The third-order valence-corrected chi connectivity index (χ3v) is 8.33. The van der Waals surface area contributed by atoms with Gasteiger partial charge in [0.25, 0.3) is 0 Å². The fourth-order valence-corrected chi connectivity index (χ4v) is 6.32. The molecule has 0 saturated heterocycles. The third-order valence-electron chi connectivity index (χ3n) is 8.33. The van der Waals surface area contributed by atoms with E-state index in [1.165, 1.54) is 6.92 Å². The fraction of sp³-hybridized carbons (Fsp3) is 0.543. The van der Waals surface area contributed by atoms with Crippen molar-refractivity contribution in [1.82, 2.24) is 0 Å². The van der Waals surface area contributed by atoms with Crippen LogP contribution in [0.3, 0.4) is 0 Å². The van der Waals surface area contributed by atoms with Crippen LogP contribution in [0.4, 0.5) is 0 Å². The van der Waals surface area contributed by atoms with E-state index in [1.807, 2.05) is 0 Å². The lowest BCUT2D eigenvalue weighted by atomic mass is 9.74. The van der Waals surface area contributed by atoms with E-state index in [9.17, 15) is 33.9 Å². The lowest BCUT2D eigenvalue weighted by Crippen LogP contribution is -2.59. The summed E-state index contributed by atoms with van der Waals surface area (Å²) in [6, 6.07) is 8.11. The number of hydrogen-bond acceptors (Lipinski definition) is 12. The van der Waals surface area contributed by atoms with Gasteiger partial charge in [-0.25, -0.2) is 4.79 Å². The molecule has 8 atom stereocenters. The summed E-state index contributed by atoms with van der Waals surface area (Å²) in [6.07, 6.45) is -1.73. The number of esters is 5. The Morgan fingerprint density at radius 3 is 1.87 bits per heavy atom. The predicted octanol–water partition coefficient (Wildman–Crippen LogP) is 3.83. The Balaban J connectivity index is 2.42. The van der Waals surface area contributed by atoms with Gasteiger partial charge >= 0.3 is 29.8 Å². The van der Waals surface area contributed by atoms with Crippen molar-refractivity contribution >= 4 is 35.6 Å². The second-order valence-electron chi connectivity index (χ2n) is 13.1. The zero-order valence-corrected chi connectivity index (χ0v) is 28.2. The largest absolute Gasteiger partial charge is 0.458 e. The Bertz CT molecular complexity index is 1460. The van der Waals surface area contributed by atoms with Crippen LogP contribution in [-0.2, 0) is 47.7 Å². The molecule has 0 radical (unpaired) electrons. The van der Waals surface area contributed by atoms with Gasteiger partial charge in [-0.05, 0) is 25.1 Å². The Labute approximate surface area is 274 Å². The molecule has 0 aromatic heterocycles. The van der Waals surface area contributed by atoms with Crippen LogP contribution in [0.5, 0.6) is 0 Å². The van der Waals surface area contributed by atoms with Crippen LogP contribution >= 0.6 is 0 Å². The van der Waals surface area contributed by atoms with Crippen LogP contribution in [-0.4, -0.2) is 76.4 Å². The molecule has 0 heterocycles. The number of carbonyl (C=O) groups excluding carboxylic acids is 6. The van der Waals surface area contributed by atoms with E-state index in [0.717, 1.165) is 33.8 Å². The minimum Gasteiger partial charge on any atom is -0.458 e. The summed E-state index contributed by atoms with van der Waals surface area (Å²) in [6.45, 7) is 12.3. The van der Waals surface area contributed by atoms with E-state index >= 15 is 0 Å². The van der Waals surface area contributed by atoms with Crippen molar-refractivity contribution in [3.8, 4) is 0 Å². The average molecular weight is 657 g/mol. The van der Waals surface area contributed by atoms with Gasteiger partial charge in [0.2, 0.25) is 0 Å². The van der Waals surface area contributed by atoms with E-state index in [2.05, 4.69) is 0 Å². The van der Waals surface area contributed by atoms with Gasteiger partial charge in [0, 0.05) is 56.9 Å². The summed E-state index contributed by atoms with van der Waals surface area (Å²) in [5, 5.41) is 12.3. The maximum atomic E-state index is 14.5. The van der Waals surface area contributed by atoms with Crippen molar-refractivity contribution in [2.24, 2.45) is 17.3 Å². The molecule has 1 aromatic carbocycles. The predicted molar refractivity (Wildman–Crippen MR) is 166 cm³/mol. The van der Waals surface area contributed by atoms with Gasteiger partial charge in [-0.2, -0.15) is 0 Å². The maximum Gasteiger partial charge on any atom is 0.338 e. The molecule has 0 unspecified atom stereocenters. The van der Waals surface area contributed by atoms with Gasteiger partial charge in [-0.3, -0.25) is 24.0 Å². The van der Waals surface area contributed by atoms with E-state index in [-0.39, 0.29) is 17.6 Å². The van der Waals surface area contributed by atoms with Crippen LogP contribution < -0.4 is 0 Å². The lowest BCUT2D eigenvalue weighted by molar-refractivity contribution is -0.207. The summed E-state index contributed by atoms with van der Waals surface area (Å²) >= 11 is 0. The molecule has 1 fully saturated rings. The molecular weight excluding hydrogens is 612 g/mol. The third kappa shape index (κ3) is 8.34. The van der Waals surface area contributed by atoms with Crippen molar-refractivity contribution in [2.45, 2.75) is 104 Å². The Hall–Kier alpha value is -4.32. The van der Waals surface area contributed by atoms with Gasteiger partial charge < -0.3 is 28.8 Å². The minimum atomic E-state index is -2.32. The Morgan fingerprint density at radius 2 is 1.34 bits per heavy atom. The molecule has 0 bridgehead atoms. The van der Waals surface area contributed by atoms with Crippen molar-refractivity contribution in [3.63, 3.8) is 0 Å². The molecule has 2 aliphatic rings. The molecule has 12 heteroatoms. The van der Waals surface area contributed by atoms with Crippen LogP contribution in [0.15, 0.2) is 54.1 Å². The highest BCUT2D eigenvalue weighted by molar-refractivity contribution is 5.97. The zero-order valence-electron chi connectivity index (χ0n) is 28.2. The maximum absolute atomic E-state index is 14.5. The summed E-state index contributed by atoms with van der Waals surface area (Å²) in [7, 11) is 0. The number of ether oxygens (including phenoxy) is 5. The number of hydrogen-bond donors (Lipinski definition) is 1. The number of Topliss-reactive ketones (excluding diaryl/α,β-unsaturated/α-hetero) is 1. The normalized spacial score (nSPS) is 33.7. The Morgan fingerprint density at radius 1 is 0.787 bits per heavy atom. The van der Waals surface area contributed by atoms with E-state index in [4.69, 9.17) is 23.7 Å². The quantitative estimate of drug-likeness (QED) is 0.267.